The Kier molecular flexibility index (Phi) is 5.68. The summed E-state index contributed by atoms with van der Waals surface area (Å²) in [6.07, 6.45) is -2.06. The van der Waals surface area contributed by atoms with Crippen LogP contribution in [0.1, 0.15) is 11.3 Å². The maximum Gasteiger partial charge on any atom is 0.433 e. The van der Waals surface area contributed by atoms with Crippen LogP contribution in [0.25, 0.3) is 0 Å². The number of nitrogens with one attached hydrogen (secondary N) is 1. The number of hydrazone groups is 1. The van der Waals surface area contributed by atoms with E-state index in [9.17, 15) is 13.2 Å². The average molecular weight is 346 g/mol. The van der Waals surface area contributed by atoms with Gasteiger partial charge < -0.3 is 11.2 Å². The Bertz CT molecular complexity index is 819. The van der Waals surface area contributed by atoms with Crippen molar-refractivity contribution < 1.29 is 13.2 Å². The van der Waals surface area contributed by atoms with Crippen molar-refractivity contribution in [3.8, 4) is 6.07 Å². The quantitative estimate of drug-likeness (QED) is 0.493. The molecule has 25 heavy (non-hydrogen) atoms. The fourth-order valence-corrected chi connectivity index (χ4v) is 1.78. The number of hydrogen-bond donors (Lipinski definition) is 2. The number of pyridine rings is 1. The van der Waals surface area contributed by atoms with E-state index in [4.69, 9.17) is 11.1 Å². The molecule has 0 unspecified atom stereocenters. The number of anilines is 1. The molecule has 0 saturated heterocycles. The molecule has 3 N–H and O–H groups in total. The second-order valence-corrected chi connectivity index (χ2v) is 4.82. The monoisotopic (exact) mass is 346 g/mol. The highest BCUT2D eigenvalue weighted by atomic mass is 19.4. The van der Waals surface area contributed by atoms with E-state index in [0.717, 1.165) is 12.3 Å². The van der Waals surface area contributed by atoms with Crippen LogP contribution in [-0.2, 0) is 6.18 Å². The molecular formula is C16H13F3N6. The summed E-state index contributed by atoms with van der Waals surface area (Å²) in [5.74, 6) is 5.27. The molecule has 2 rings (SSSR count). The Labute approximate surface area is 141 Å². The fraction of sp³-hybridized carbons (Fsp3) is 0.125. The molecule has 1 aromatic heterocycles. The number of benzene rings is 1. The van der Waals surface area contributed by atoms with Gasteiger partial charge in [-0.25, -0.2) is 0 Å². The first-order chi connectivity index (χ1) is 11.9. The van der Waals surface area contributed by atoms with Crippen molar-refractivity contribution in [3.63, 3.8) is 0 Å². The van der Waals surface area contributed by atoms with E-state index in [1.54, 1.807) is 24.3 Å². The summed E-state index contributed by atoms with van der Waals surface area (Å²) in [7, 11) is 0. The molecule has 0 saturated carbocycles. The number of aromatic nitrogens is 1. The minimum absolute atomic E-state index is 0.0809. The lowest BCUT2D eigenvalue weighted by atomic mass is 10.2. The molecule has 0 aliphatic heterocycles. The van der Waals surface area contributed by atoms with Gasteiger partial charge in [0.05, 0.1) is 35.8 Å². The summed E-state index contributed by atoms with van der Waals surface area (Å²) in [6.45, 7) is 0.0809. The van der Waals surface area contributed by atoms with Gasteiger partial charge >= 0.3 is 6.18 Å². The second kappa shape index (κ2) is 7.92. The van der Waals surface area contributed by atoms with Gasteiger partial charge in [-0.15, -0.1) is 0 Å². The first kappa shape index (κ1) is 17.9. The van der Waals surface area contributed by atoms with Gasteiger partial charge in [0.15, 0.2) is 0 Å². The maximum atomic E-state index is 12.6. The predicted octanol–water partition coefficient (Wildman–Crippen LogP) is 3.10. The fourth-order valence-electron chi connectivity index (χ4n) is 1.78. The first-order valence-electron chi connectivity index (χ1n) is 7.00. The zero-order valence-electron chi connectivity index (χ0n) is 12.8. The SMILES string of the molecule is N#Cc1ccc(N=C/C(CNc2ccnc(C(F)(F)F)c2)=N\N)cc1. The molecule has 6 nitrogen and oxygen atoms in total. The first-order valence-corrected chi connectivity index (χ1v) is 7.00. The Balaban J connectivity index is 2.01. The van der Waals surface area contributed by atoms with Gasteiger partial charge in [-0.2, -0.15) is 23.5 Å². The topological polar surface area (TPSA) is 99.5 Å². The summed E-state index contributed by atoms with van der Waals surface area (Å²) in [6, 6.07) is 10.8. The summed E-state index contributed by atoms with van der Waals surface area (Å²) < 4.78 is 37.9. The number of alkyl halides is 3. The van der Waals surface area contributed by atoms with E-state index in [1.165, 1.54) is 12.3 Å². The third-order valence-electron chi connectivity index (χ3n) is 3.05. The number of aliphatic imine (C=N–C) groups is 1. The molecule has 0 aliphatic carbocycles. The van der Waals surface area contributed by atoms with Crippen LogP contribution in [0.15, 0.2) is 52.7 Å². The Morgan fingerprint density at radius 2 is 2.00 bits per heavy atom. The van der Waals surface area contributed by atoms with Crippen molar-refractivity contribution in [3.05, 3.63) is 53.9 Å². The zero-order valence-corrected chi connectivity index (χ0v) is 12.8. The molecule has 1 aromatic carbocycles. The average Bonchev–Trinajstić information content (AvgIpc) is 2.62. The largest absolute Gasteiger partial charge is 0.433 e. The number of nitrogens with two attached hydrogens (primary N) is 1. The molecule has 0 radical (unpaired) electrons. The van der Waals surface area contributed by atoms with Crippen LogP contribution in [0.3, 0.4) is 0 Å². The van der Waals surface area contributed by atoms with E-state index in [-0.39, 0.29) is 12.2 Å². The normalized spacial score (nSPS) is 12.2. The van der Waals surface area contributed by atoms with E-state index in [0.29, 0.717) is 17.0 Å². The Hall–Kier alpha value is -3.41. The molecule has 0 amide bonds. The number of nitriles is 1. The third-order valence-corrected chi connectivity index (χ3v) is 3.05. The van der Waals surface area contributed by atoms with Crippen molar-refractivity contribution in [1.29, 1.82) is 5.26 Å². The number of halogens is 3. The maximum absolute atomic E-state index is 12.6. The lowest BCUT2D eigenvalue weighted by molar-refractivity contribution is -0.141. The van der Waals surface area contributed by atoms with Gasteiger partial charge in [-0.3, -0.25) is 9.98 Å². The van der Waals surface area contributed by atoms with E-state index in [2.05, 4.69) is 20.4 Å². The lowest BCUT2D eigenvalue weighted by Gasteiger charge is -2.09. The van der Waals surface area contributed by atoms with Crippen LogP contribution in [0.2, 0.25) is 0 Å². The van der Waals surface area contributed by atoms with E-state index < -0.39 is 11.9 Å². The van der Waals surface area contributed by atoms with Crippen molar-refractivity contribution in [2.75, 3.05) is 11.9 Å². The Morgan fingerprint density at radius 1 is 1.28 bits per heavy atom. The van der Waals surface area contributed by atoms with Crippen LogP contribution < -0.4 is 11.2 Å². The molecule has 2 aromatic rings. The van der Waals surface area contributed by atoms with Crippen LogP contribution in [-0.4, -0.2) is 23.5 Å². The van der Waals surface area contributed by atoms with Gasteiger partial charge in [-0.1, -0.05) is 0 Å². The lowest BCUT2D eigenvalue weighted by Crippen LogP contribution is -2.17. The van der Waals surface area contributed by atoms with Crippen molar-refractivity contribution in [1.82, 2.24) is 4.98 Å². The highest BCUT2D eigenvalue weighted by molar-refractivity contribution is 6.32. The molecule has 0 spiro atoms. The van der Waals surface area contributed by atoms with Crippen molar-refractivity contribution in [2.45, 2.75) is 6.18 Å². The minimum Gasteiger partial charge on any atom is -0.379 e. The zero-order chi connectivity index (χ0) is 18.3. The molecule has 0 bridgehead atoms. The molecular weight excluding hydrogens is 333 g/mol. The van der Waals surface area contributed by atoms with Gasteiger partial charge in [0, 0.05) is 11.9 Å². The van der Waals surface area contributed by atoms with Gasteiger partial charge in [0.1, 0.15) is 5.69 Å². The van der Waals surface area contributed by atoms with E-state index >= 15 is 0 Å². The van der Waals surface area contributed by atoms with E-state index in [1.807, 2.05) is 6.07 Å². The molecule has 128 valence electrons. The summed E-state index contributed by atoms with van der Waals surface area (Å²) in [5, 5.41) is 15.0. The highest BCUT2D eigenvalue weighted by Gasteiger charge is 2.32. The third kappa shape index (κ3) is 5.31. The standard InChI is InChI=1S/C16H13F3N6/c17-16(18,19)15-7-13(5-6-22-15)24-10-14(25-21)9-23-12-3-1-11(8-20)2-4-12/h1-7,9H,10,21H2,(H,22,24)/b23-9?,25-14+. The highest BCUT2D eigenvalue weighted by Crippen LogP contribution is 2.28. The number of hydrogen-bond acceptors (Lipinski definition) is 6. The predicted molar refractivity (Wildman–Crippen MR) is 88.7 cm³/mol. The van der Waals surface area contributed by atoms with Gasteiger partial charge in [-0.05, 0) is 36.4 Å². The van der Waals surface area contributed by atoms with Crippen molar-refractivity contribution in [2.24, 2.45) is 15.9 Å². The van der Waals surface area contributed by atoms with Crippen molar-refractivity contribution >= 4 is 23.3 Å². The Morgan fingerprint density at radius 3 is 2.60 bits per heavy atom. The molecule has 0 fully saturated rings. The minimum atomic E-state index is -4.51. The molecule has 9 heteroatoms. The smallest absolute Gasteiger partial charge is 0.379 e. The van der Waals surface area contributed by atoms with Gasteiger partial charge in [0.25, 0.3) is 0 Å². The summed E-state index contributed by atoms with van der Waals surface area (Å²) in [5.41, 5.74) is 0.662. The van der Waals surface area contributed by atoms with Crippen LogP contribution >= 0.6 is 0 Å². The number of nitrogens with zero attached hydrogens (tertiary/aromatic N) is 4. The molecule has 1 heterocycles. The second-order valence-electron chi connectivity index (χ2n) is 4.82. The molecule has 0 atom stereocenters. The van der Waals surface area contributed by atoms with Crippen LogP contribution in [0.5, 0.6) is 0 Å². The van der Waals surface area contributed by atoms with Crippen LogP contribution in [0, 0.1) is 11.3 Å². The summed E-state index contributed by atoms with van der Waals surface area (Å²) >= 11 is 0. The summed E-state index contributed by atoms with van der Waals surface area (Å²) in [4.78, 5) is 7.42. The molecule has 0 aliphatic rings. The van der Waals surface area contributed by atoms with Crippen LogP contribution in [0.4, 0.5) is 24.5 Å². The number of rotatable bonds is 5. The van der Waals surface area contributed by atoms with Gasteiger partial charge in [0.2, 0.25) is 0 Å².